The molecule has 2 saturated heterocycles. The highest BCUT2D eigenvalue weighted by Gasteiger charge is 2.47. The van der Waals surface area contributed by atoms with Crippen molar-refractivity contribution in [1.82, 2.24) is 14.8 Å². The molecule has 1 amide bonds. The Bertz CT molecular complexity index is 824. The van der Waals surface area contributed by atoms with Crippen LogP contribution in [0.4, 0.5) is 0 Å². The fraction of sp³-hybridized carbons (Fsp3) is 0.455. The number of rotatable bonds is 4. The van der Waals surface area contributed by atoms with Crippen molar-refractivity contribution in [1.29, 1.82) is 0 Å². The van der Waals surface area contributed by atoms with Crippen LogP contribution in [0.3, 0.4) is 0 Å². The number of carbonyl (C=O) groups excluding carboxylic acids is 1. The number of pyridine rings is 1. The molecular weight excluding hydrogens is 370 g/mol. The Labute approximate surface area is 170 Å². The van der Waals surface area contributed by atoms with Crippen LogP contribution in [0, 0.1) is 0 Å². The summed E-state index contributed by atoms with van der Waals surface area (Å²) in [5.41, 5.74) is 0.416. The predicted octanol–water partition coefficient (Wildman–Crippen LogP) is 1.52. The monoisotopic (exact) mass is 397 g/mol. The van der Waals surface area contributed by atoms with Gasteiger partial charge in [0.1, 0.15) is 5.60 Å². The van der Waals surface area contributed by atoms with Crippen molar-refractivity contribution in [2.75, 3.05) is 46.5 Å². The van der Waals surface area contributed by atoms with Crippen molar-refractivity contribution in [2.45, 2.75) is 18.1 Å². The molecule has 1 aromatic heterocycles. The largest absolute Gasteiger partial charge is 0.481 e. The summed E-state index contributed by atoms with van der Waals surface area (Å²) in [4.78, 5) is 21.3. The Hall–Kier alpha value is -2.48. The first-order chi connectivity index (χ1) is 14.1. The minimum atomic E-state index is -1.01. The molecule has 29 heavy (non-hydrogen) atoms. The number of hydrogen-bond donors (Lipinski definition) is 1. The first-order valence-corrected chi connectivity index (χ1v) is 10.0. The van der Waals surface area contributed by atoms with Crippen LogP contribution < -0.4 is 4.74 Å². The first-order valence-electron chi connectivity index (χ1n) is 10.0. The maximum Gasteiger partial charge on any atom is 0.255 e. The van der Waals surface area contributed by atoms with E-state index in [9.17, 15) is 9.90 Å². The van der Waals surface area contributed by atoms with Crippen molar-refractivity contribution in [3.8, 4) is 5.88 Å². The molecule has 2 aromatic rings. The molecule has 2 atom stereocenters. The zero-order chi connectivity index (χ0) is 20.3. The lowest BCUT2D eigenvalue weighted by Crippen LogP contribution is -2.63. The lowest BCUT2D eigenvalue weighted by atomic mass is 9.79. The normalized spacial score (nSPS) is 25.6. The van der Waals surface area contributed by atoms with Crippen molar-refractivity contribution >= 4 is 5.91 Å². The van der Waals surface area contributed by atoms with E-state index in [4.69, 9.17) is 9.47 Å². The van der Waals surface area contributed by atoms with E-state index in [2.05, 4.69) is 9.88 Å². The van der Waals surface area contributed by atoms with Gasteiger partial charge in [-0.05, 0) is 18.1 Å². The number of amides is 1. The fourth-order valence-corrected chi connectivity index (χ4v) is 4.29. The standard InChI is InChI=1S/C22H27N3O4/c1-28-20-8-7-17(15-23-20)21(26)25-10-9-22(27,18-5-3-2-4-6-18)19(16-25)24-11-13-29-14-12-24/h2-8,15,19,27H,9-14,16H2,1H3/t19-,22+/m1/s1. The van der Waals surface area contributed by atoms with Gasteiger partial charge in [0.2, 0.25) is 5.88 Å². The van der Waals surface area contributed by atoms with E-state index in [1.807, 2.05) is 35.2 Å². The number of likely N-dealkylation sites (tertiary alicyclic amines) is 1. The van der Waals surface area contributed by atoms with Crippen LogP contribution in [0.5, 0.6) is 5.88 Å². The molecule has 1 N–H and O–H groups in total. The summed E-state index contributed by atoms with van der Waals surface area (Å²) in [5, 5.41) is 11.7. The number of methoxy groups -OCH3 is 1. The Morgan fingerprint density at radius 2 is 1.93 bits per heavy atom. The maximum absolute atomic E-state index is 13.1. The smallest absolute Gasteiger partial charge is 0.255 e. The molecule has 0 radical (unpaired) electrons. The van der Waals surface area contributed by atoms with Crippen molar-refractivity contribution in [3.63, 3.8) is 0 Å². The molecule has 1 aromatic carbocycles. The maximum atomic E-state index is 13.1. The van der Waals surface area contributed by atoms with Crippen LogP contribution in [0.2, 0.25) is 0 Å². The van der Waals surface area contributed by atoms with E-state index >= 15 is 0 Å². The van der Waals surface area contributed by atoms with Crippen LogP contribution in [-0.2, 0) is 10.3 Å². The fourth-order valence-electron chi connectivity index (χ4n) is 4.29. The van der Waals surface area contributed by atoms with Crippen molar-refractivity contribution in [3.05, 3.63) is 59.8 Å². The molecule has 7 heteroatoms. The second-order valence-electron chi connectivity index (χ2n) is 7.54. The Kier molecular flexibility index (Phi) is 5.80. The molecule has 3 heterocycles. The summed E-state index contributed by atoms with van der Waals surface area (Å²) >= 11 is 0. The third kappa shape index (κ3) is 3.99. The quantitative estimate of drug-likeness (QED) is 0.843. The molecule has 0 aliphatic carbocycles. The second kappa shape index (κ2) is 8.49. The number of nitrogens with zero attached hydrogens (tertiary/aromatic N) is 3. The molecule has 4 rings (SSSR count). The zero-order valence-corrected chi connectivity index (χ0v) is 16.7. The van der Waals surface area contributed by atoms with Gasteiger partial charge in [0.15, 0.2) is 0 Å². The molecule has 7 nitrogen and oxygen atoms in total. The van der Waals surface area contributed by atoms with Crippen LogP contribution in [0.1, 0.15) is 22.3 Å². The number of benzene rings is 1. The first kappa shape index (κ1) is 19.8. The molecule has 2 aliphatic heterocycles. The predicted molar refractivity (Wildman–Crippen MR) is 108 cm³/mol. The topological polar surface area (TPSA) is 75.1 Å². The van der Waals surface area contributed by atoms with Gasteiger partial charge in [-0.15, -0.1) is 0 Å². The summed E-state index contributed by atoms with van der Waals surface area (Å²) in [6.45, 7) is 3.70. The SMILES string of the molecule is COc1ccc(C(=O)N2CC[C@](O)(c3ccccc3)[C@H](N3CCOCC3)C2)cn1. The van der Waals surface area contributed by atoms with Gasteiger partial charge in [0, 0.05) is 38.4 Å². The average Bonchev–Trinajstić information content (AvgIpc) is 2.80. The molecule has 0 spiro atoms. The van der Waals surface area contributed by atoms with Gasteiger partial charge in [0.05, 0.1) is 31.9 Å². The molecular formula is C22H27N3O4. The highest BCUT2D eigenvalue weighted by molar-refractivity contribution is 5.94. The van der Waals surface area contributed by atoms with E-state index in [0.717, 1.165) is 18.7 Å². The summed E-state index contributed by atoms with van der Waals surface area (Å²) in [6.07, 6.45) is 2.03. The van der Waals surface area contributed by atoms with Crippen LogP contribution in [0.15, 0.2) is 48.7 Å². The zero-order valence-electron chi connectivity index (χ0n) is 16.7. The van der Waals surface area contributed by atoms with Crippen molar-refractivity contribution in [2.24, 2.45) is 0 Å². The molecule has 0 saturated carbocycles. The third-order valence-corrected chi connectivity index (χ3v) is 5.95. The summed E-state index contributed by atoms with van der Waals surface area (Å²) in [7, 11) is 1.55. The van der Waals surface area contributed by atoms with Crippen LogP contribution in [-0.4, -0.2) is 78.3 Å². The highest BCUT2D eigenvalue weighted by atomic mass is 16.5. The second-order valence-corrected chi connectivity index (χ2v) is 7.54. The summed E-state index contributed by atoms with van der Waals surface area (Å²) in [5.74, 6) is 0.401. The molecule has 0 unspecified atom stereocenters. The minimum absolute atomic E-state index is 0.0754. The van der Waals surface area contributed by atoms with Gasteiger partial charge >= 0.3 is 0 Å². The molecule has 2 aliphatic rings. The van der Waals surface area contributed by atoms with E-state index in [-0.39, 0.29) is 11.9 Å². The number of aromatic nitrogens is 1. The van der Waals surface area contributed by atoms with Gasteiger partial charge in [-0.1, -0.05) is 30.3 Å². The Morgan fingerprint density at radius 3 is 2.59 bits per heavy atom. The number of carbonyl (C=O) groups is 1. The average molecular weight is 397 g/mol. The van der Waals surface area contributed by atoms with Gasteiger partial charge < -0.3 is 19.5 Å². The number of morpholine rings is 1. The van der Waals surface area contributed by atoms with Crippen LogP contribution >= 0.6 is 0 Å². The van der Waals surface area contributed by atoms with Gasteiger partial charge in [0.25, 0.3) is 5.91 Å². The number of ether oxygens (including phenoxy) is 2. The van der Waals surface area contributed by atoms with E-state index in [0.29, 0.717) is 44.2 Å². The molecule has 0 bridgehead atoms. The molecule has 154 valence electrons. The Balaban J connectivity index is 1.59. The number of hydrogen-bond acceptors (Lipinski definition) is 6. The van der Waals surface area contributed by atoms with Gasteiger partial charge in [-0.3, -0.25) is 9.69 Å². The van der Waals surface area contributed by atoms with E-state index < -0.39 is 5.60 Å². The van der Waals surface area contributed by atoms with Crippen molar-refractivity contribution < 1.29 is 19.4 Å². The summed E-state index contributed by atoms with van der Waals surface area (Å²) < 4.78 is 10.6. The number of aliphatic hydroxyl groups is 1. The van der Waals surface area contributed by atoms with Crippen LogP contribution in [0.25, 0.3) is 0 Å². The molecule has 2 fully saturated rings. The lowest BCUT2D eigenvalue weighted by Gasteiger charge is -2.50. The lowest BCUT2D eigenvalue weighted by molar-refractivity contribution is -0.112. The van der Waals surface area contributed by atoms with Gasteiger partial charge in [-0.25, -0.2) is 4.98 Å². The summed E-state index contributed by atoms with van der Waals surface area (Å²) in [6, 6.07) is 13.0. The third-order valence-electron chi connectivity index (χ3n) is 5.95. The minimum Gasteiger partial charge on any atom is -0.481 e. The van der Waals surface area contributed by atoms with E-state index in [1.165, 1.54) is 0 Å². The van der Waals surface area contributed by atoms with Gasteiger partial charge in [-0.2, -0.15) is 0 Å². The van der Waals surface area contributed by atoms with E-state index in [1.54, 1.807) is 25.4 Å². The highest BCUT2D eigenvalue weighted by Crippen LogP contribution is 2.36. The number of piperidine rings is 1. The Morgan fingerprint density at radius 1 is 1.17 bits per heavy atom.